The van der Waals surface area contributed by atoms with Crippen LogP contribution in [0.1, 0.15) is 64.7 Å². The Morgan fingerprint density at radius 2 is 1.29 bits per heavy atom. The van der Waals surface area contributed by atoms with Gasteiger partial charge in [-0.05, 0) is 18.9 Å². The van der Waals surface area contributed by atoms with Crippen LogP contribution in [-0.4, -0.2) is 48.0 Å². The Morgan fingerprint density at radius 1 is 0.810 bits per heavy atom. The van der Waals surface area contributed by atoms with E-state index in [0.717, 1.165) is 6.42 Å². The molecule has 0 saturated heterocycles. The van der Waals surface area contributed by atoms with Crippen molar-refractivity contribution in [3.63, 3.8) is 0 Å². The van der Waals surface area contributed by atoms with Crippen molar-refractivity contribution in [2.24, 2.45) is 0 Å². The second-order valence-corrected chi connectivity index (χ2v) is 6.02. The fraction of sp³-hybridized carbons (Fsp3) is 0.882. The molecule has 0 bridgehead atoms. The van der Waals surface area contributed by atoms with Crippen LogP contribution < -0.4 is 12.4 Å². The van der Waals surface area contributed by atoms with Gasteiger partial charge in [0.1, 0.15) is 13.1 Å². The zero-order chi connectivity index (χ0) is 15.1. The summed E-state index contributed by atoms with van der Waals surface area (Å²) in [5.41, 5.74) is 0. The predicted octanol–water partition coefficient (Wildman–Crippen LogP) is 0.466. The second-order valence-electron chi connectivity index (χ2n) is 6.02. The van der Waals surface area contributed by atoms with Crippen molar-refractivity contribution in [3.05, 3.63) is 12.3 Å². The Hall–Kier alpha value is -0.0900. The van der Waals surface area contributed by atoms with Gasteiger partial charge in [-0.25, -0.2) is 0 Å². The number of aliphatic hydroxyl groups excluding tert-OH is 2. The Morgan fingerprint density at radius 3 is 1.76 bits per heavy atom. The molecule has 0 heterocycles. The lowest BCUT2D eigenvalue weighted by Gasteiger charge is -2.28. The Bertz CT molecular complexity index is 229. The van der Waals surface area contributed by atoms with Crippen LogP contribution >= 0.6 is 0 Å². The smallest absolute Gasteiger partial charge is 0.106 e. The number of quaternary nitrogens is 1. The number of halogens is 1. The summed E-state index contributed by atoms with van der Waals surface area (Å²) in [6.07, 6.45) is 16.3. The summed E-state index contributed by atoms with van der Waals surface area (Å²) < 4.78 is 0.629. The number of unbranched alkanes of at least 4 members (excludes halogenated alkanes) is 8. The van der Waals surface area contributed by atoms with E-state index in [-0.39, 0.29) is 25.6 Å². The molecular formula is C17H36ClNO2. The van der Waals surface area contributed by atoms with Gasteiger partial charge in [-0.1, -0.05) is 51.9 Å². The summed E-state index contributed by atoms with van der Waals surface area (Å²) in [5, 5.41) is 18.1. The fourth-order valence-corrected chi connectivity index (χ4v) is 2.44. The van der Waals surface area contributed by atoms with Crippen LogP contribution in [0.5, 0.6) is 0 Å². The molecule has 0 spiro atoms. The Balaban J connectivity index is 0. The molecule has 0 aromatic heterocycles. The van der Waals surface area contributed by atoms with E-state index < -0.39 is 0 Å². The van der Waals surface area contributed by atoms with Crippen LogP contribution in [0, 0.1) is 0 Å². The van der Waals surface area contributed by atoms with Gasteiger partial charge in [-0.2, -0.15) is 0 Å². The summed E-state index contributed by atoms with van der Waals surface area (Å²) in [6.45, 7) is 3.94. The monoisotopic (exact) mass is 321 g/mol. The van der Waals surface area contributed by atoms with E-state index in [1.54, 1.807) is 0 Å². The summed E-state index contributed by atoms with van der Waals surface area (Å²) in [7, 11) is 2.05. The first-order valence-corrected chi connectivity index (χ1v) is 8.42. The third-order valence-corrected chi connectivity index (χ3v) is 3.91. The van der Waals surface area contributed by atoms with Crippen molar-refractivity contribution in [3.8, 4) is 0 Å². The SMILES string of the molecule is CCCCCCCCCCC=C[N+](C)(CCO)CCO.[Cl-]. The average Bonchev–Trinajstić information content (AvgIpc) is 2.41. The predicted molar refractivity (Wildman–Crippen MR) is 86.5 cm³/mol. The van der Waals surface area contributed by atoms with E-state index in [1.165, 1.54) is 51.4 Å². The lowest BCUT2D eigenvalue weighted by molar-refractivity contribution is -0.860. The molecule has 128 valence electrons. The summed E-state index contributed by atoms with van der Waals surface area (Å²) in [4.78, 5) is 0. The highest BCUT2D eigenvalue weighted by molar-refractivity contribution is 4.74. The number of aliphatic hydroxyl groups is 2. The minimum atomic E-state index is 0. The maximum absolute atomic E-state index is 9.06. The Kier molecular flexibility index (Phi) is 18.0. The molecule has 0 saturated carbocycles. The molecule has 21 heavy (non-hydrogen) atoms. The van der Waals surface area contributed by atoms with E-state index in [4.69, 9.17) is 10.2 Å². The summed E-state index contributed by atoms with van der Waals surface area (Å²) >= 11 is 0. The molecule has 0 amide bonds. The van der Waals surface area contributed by atoms with Crippen molar-refractivity contribution in [2.45, 2.75) is 64.7 Å². The molecule has 0 aliphatic carbocycles. The Labute approximate surface area is 138 Å². The van der Waals surface area contributed by atoms with E-state index in [1.807, 2.05) is 0 Å². The molecule has 0 rings (SSSR count). The zero-order valence-electron chi connectivity index (χ0n) is 14.1. The fourth-order valence-electron chi connectivity index (χ4n) is 2.44. The highest BCUT2D eigenvalue weighted by Crippen LogP contribution is 2.10. The molecule has 3 nitrogen and oxygen atoms in total. The maximum atomic E-state index is 9.06. The highest BCUT2D eigenvalue weighted by atomic mass is 35.5. The van der Waals surface area contributed by atoms with Gasteiger partial charge in [-0.15, -0.1) is 0 Å². The zero-order valence-corrected chi connectivity index (χ0v) is 14.8. The quantitative estimate of drug-likeness (QED) is 0.361. The molecule has 0 aliphatic rings. The van der Waals surface area contributed by atoms with Crippen molar-refractivity contribution < 1.29 is 27.1 Å². The number of hydrogen-bond acceptors (Lipinski definition) is 2. The molecule has 0 aliphatic heterocycles. The highest BCUT2D eigenvalue weighted by Gasteiger charge is 2.16. The number of rotatable bonds is 14. The third kappa shape index (κ3) is 14.6. The lowest BCUT2D eigenvalue weighted by Crippen LogP contribution is -3.00. The van der Waals surface area contributed by atoms with Gasteiger partial charge in [0.2, 0.25) is 0 Å². The van der Waals surface area contributed by atoms with E-state index in [2.05, 4.69) is 26.2 Å². The molecule has 0 atom stereocenters. The largest absolute Gasteiger partial charge is 1.00 e. The van der Waals surface area contributed by atoms with Crippen molar-refractivity contribution in [2.75, 3.05) is 33.4 Å². The van der Waals surface area contributed by atoms with Gasteiger partial charge in [-0.3, -0.25) is 4.48 Å². The van der Waals surface area contributed by atoms with Gasteiger partial charge >= 0.3 is 0 Å². The van der Waals surface area contributed by atoms with Crippen LogP contribution in [0.3, 0.4) is 0 Å². The first-order chi connectivity index (χ1) is 9.68. The lowest BCUT2D eigenvalue weighted by atomic mass is 10.1. The second kappa shape index (κ2) is 16.3. The van der Waals surface area contributed by atoms with E-state index >= 15 is 0 Å². The molecule has 0 aromatic rings. The van der Waals surface area contributed by atoms with Crippen LogP contribution in [0.4, 0.5) is 0 Å². The minimum Gasteiger partial charge on any atom is -1.00 e. The maximum Gasteiger partial charge on any atom is 0.106 e. The molecule has 0 radical (unpaired) electrons. The molecular weight excluding hydrogens is 286 g/mol. The molecule has 0 aromatic carbocycles. The van der Waals surface area contributed by atoms with Gasteiger partial charge < -0.3 is 22.6 Å². The summed E-state index contributed by atoms with van der Waals surface area (Å²) in [5.74, 6) is 0. The number of hydrogen-bond donors (Lipinski definition) is 2. The van der Waals surface area contributed by atoms with Gasteiger partial charge in [0.15, 0.2) is 0 Å². The minimum absolute atomic E-state index is 0. The topological polar surface area (TPSA) is 40.5 Å². The molecule has 4 heteroatoms. The molecule has 0 fully saturated rings. The van der Waals surface area contributed by atoms with Crippen LogP contribution in [0.15, 0.2) is 12.3 Å². The molecule has 2 N–H and O–H groups in total. The van der Waals surface area contributed by atoms with E-state index in [0.29, 0.717) is 17.6 Å². The number of likely N-dealkylation sites (N-methyl/N-ethyl adjacent to an activating group) is 1. The first kappa shape index (κ1) is 23.2. The van der Waals surface area contributed by atoms with Crippen LogP contribution in [-0.2, 0) is 0 Å². The van der Waals surface area contributed by atoms with Gasteiger partial charge in [0, 0.05) is 0 Å². The average molecular weight is 322 g/mol. The van der Waals surface area contributed by atoms with Crippen molar-refractivity contribution in [1.29, 1.82) is 0 Å². The number of allylic oxidation sites excluding steroid dienone is 1. The molecule has 0 unspecified atom stereocenters. The number of nitrogens with zero attached hydrogens (tertiary/aromatic N) is 1. The van der Waals surface area contributed by atoms with E-state index in [9.17, 15) is 0 Å². The van der Waals surface area contributed by atoms with Gasteiger partial charge in [0.05, 0.1) is 26.5 Å². The van der Waals surface area contributed by atoms with Crippen LogP contribution in [0.25, 0.3) is 0 Å². The van der Waals surface area contributed by atoms with Crippen LogP contribution in [0.2, 0.25) is 0 Å². The van der Waals surface area contributed by atoms with Crippen molar-refractivity contribution >= 4 is 0 Å². The van der Waals surface area contributed by atoms with Crippen molar-refractivity contribution in [1.82, 2.24) is 0 Å². The van der Waals surface area contributed by atoms with Gasteiger partial charge in [0.25, 0.3) is 0 Å². The summed E-state index contributed by atoms with van der Waals surface area (Å²) in [6, 6.07) is 0. The normalized spacial score (nSPS) is 11.8. The first-order valence-electron chi connectivity index (χ1n) is 8.42. The standard InChI is InChI=1S/C17H36NO2.ClH/c1-3-4-5-6-7-8-9-10-11-12-13-18(2,14-16-19)15-17-20;/h12-13,19-20H,3-11,14-17H2,1-2H3;1H/q+1;/p-1. The third-order valence-electron chi connectivity index (χ3n) is 3.91.